The third-order valence-corrected chi connectivity index (χ3v) is 5.60. The highest BCUT2D eigenvalue weighted by Crippen LogP contribution is 2.26. The van der Waals surface area contributed by atoms with Crippen LogP contribution in [-0.2, 0) is 6.42 Å². The van der Waals surface area contributed by atoms with Crippen LogP contribution in [0.25, 0.3) is 0 Å². The van der Waals surface area contributed by atoms with Crippen molar-refractivity contribution in [2.24, 2.45) is 0 Å². The zero-order valence-corrected chi connectivity index (χ0v) is 14.5. The van der Waals surface area contributed by atoms with E-state index in [0.29, 0.717) is 13.1 Å². The number of carbonyl (C=O) groups is 2. The number of nitrogens with zero attached hydrogens (tertiary/aromatic N) is 4. The van der Waals surface area contributed by atoms with Crippen LogP contribution in [0.5, 0.6) is 0 Å². The van der Waals surface area contributed by atoms with Crippen molar-refractivity contribution in [1.82, 2.24) is 19.7 Å². The van der Waals surface area contributed by atoms with Crippen LogP contribution in [-0.4, -0.2) is 49.7 Å². The molecule has 2 aromatic rings. The quantitative estimate of drug-likeness (QED) is 0.916. The van der Waals surface area contributed by atoms with E-state index in [0.717, 1.165) is 34.8 Å². The summed E-state index contributed by atoms with van der Waals surface area (Å²) in [6, 6.07) is 0.135. The third kappa shape index (κ3) is 3.19. The molecule has 0 bridgehead atoms. The second-order valence-electron chi connectivity index (χ2n) is 5.91. The van der Waals surface area contributed by atoms with Crippen molar-refractivity contribution in [2.45, 2.75) is 39.2 Å². The van der Waals surface area contributed by atoms with Crippen LogP contribution >= 0.6 is 11.3 Å². The summed E-state index contributed by atoms with van der Waals surface area (Å²) < 4.78 is 1.71. The number of likely N-dealkylation sites (tertiary alicyclic amines) is 1. The molecule has 3 heterocycles. The summed E-state index contributed by atoms with van der Waals surface area (Å²) in [6.45, 7) is 5.20. The minimum Gasteiger partial charge on any atom is -0.478 e. The van der Waals surface area contributed by atoms with Gasteiger partial charge < -0.3 is 10.0 Å². The second-order valence-corrected chi connectivity index (χ2v) is 7.00. The molecule has 0 atom stereocenters. The number of aryl methyl sites for hydroxylation is 2. The molecule has 2 aromatic heterocycles. The number of amides is 1. The Balaban J connectivity index is 1.64. The number of carboxylic acid groups (broad SMARTS) is 1. The van der Waals surface area contributed by atoms with Gasteiger partial charge in [-0.2, -0.15) is 5.10 Å². The molecule has 1 amide bonds. The molecule has 128 valence electrons. The molecule has 3 rings (SSSR count). The molecule has 1 fully saturated rings. The van der Waals surface area contributed by atoms with Crippen LogP contribution < -0.4 is 0 Å². The molecule has 0 radical (unpaired) electrons. The molecular weight excluding hydrogens is 328 g/mol. The average molecular weight is 348 g/mol. The van der Waals surface area contributed by atoms with Crippen LogP contribution in [0, 0.1) is 6.92 Å². The standard InChI is InChI=1S/C16H20N4O3S/c1-3-13-18-10(2)14(24-13)15(21)19-6-4-12(5-7-19)20-9-11(8-17-20)16(22)23/h8-9,12H,3-7H2,1-2H3,(H,22,23). The predicted octanol–water partition coefficient (Wildman–Crippen LogP) is 2.39. The molecule has 1 aliphatic rings. The maximum absolute atomic E-state index is 12.7. The first-order valence-corrected chi connectivity index (χ1v) is 8.84. The maximum Gasteiger partial charge on any atom is 0.338 e. The summed E-state index contributed by atoms with van der Waals surface area (Å²) in [5.74, 6) is -0.920. The highest BCUT2D eigenvalue weighted by molar-refractivity contribution is 7.13. The van der Waals surface area contributed by atoms with Crippen molar-refractivity contribution >= 4 is 23.2 Å². The first-order valence-electron chi connectivity index (χ1n) is 8.02. The Morgan fingerprint density at radius 2 is 2.08 bits per heavy atom. The van der Waals surface area contributed by atoms with Gasteiger partial charge in [-0.3, -0.25) is 9.48 Å². The second kappa shape index (κ2) is 6.72. The summed E-state index contributed by atoms with van der Waals surface area (Å²) in [5.41, 5.74) is 1.00. The van der Waals surface area contributed by atoms with Gasteiger partial charge >= 0.3 is 5.97 Å². The Morgan fingerprint density at radius 1 is 1.38 bits per heavy atom. The fourth-order valence-corrected chi connectivity index (χ4v) is 3.90. The Kier molecular flexibility index (Phi) is 4.66. The van der Waals surface area contributed by atoms with E-state index in [4.69, 9.17) is 5.11 Å². The average Bonchev–Trinajstić information content (AvgIpc) is 3.21. The van der Waals surface area contributed by atoms with Crippen molar-refractivity contribution in [3.63, 3.8) is 0 Å². The third-order valence-electron chi connectivity index (χ3n) is 4.31. The van der Waals surface area contributed by atoms with E-state index in [1.54, 1.807) is 10.9 Å². The number of carboxylic acids is 1. The number of carbonyl (C=O) groups excluding carboxylic acids is 1. The van der Waals surface area contributed by atoms with E-state index in [2.05, 4.69) is 10.1 Å². The lowest BCUT2D eigenvalue weighted by molar-refractivity contribution is 0.0691. The summed E-state index contributed by atoms with van der Waals surface area (Å²) in [5, 5.41) is 14.1. The van der Waals surface area contributed by atoms with Crippen molar-refractivity contribution in [3.05, 3.63) is 33.5 Å². The van der Waals surface area contributed by atoms with Gasteiger partial charge in [-0.15, -0.1) is 11.3 Å². The topological polar surface area (TPSA) is 88.3 Å². The Hall–Kier alpha value is -2.22. The van der Waals surface area contributed by atoms with Gasteiger partial charge in [0.25, 0.3) is 5.91 Å². The Morgan fingerprint density at radius 3 is 2.62 bits per heavy atom. The number of rotatable bonds is 4. The number of aromatic nitrogens is 3. The molecule has 1 aliphatic heterocycles. The lowest BCUT2D eigenvalue weighted by Gasteiger charge is -2.31. The number of hydrogen-bond acceptors (Lipinski definition) is 5. The summed E-state index contributed by atoms with van der Waals surface area (Å²) in [4.78, 5) is 30.6. The van der Waals surface area contributed by atoms with Gasteiger partial charge in [-0.05, 0) is 26.2 Å². The lowest BCUT2D eigenvalue weighted by Crippen LogP contribution is -2.39. The Labute approximate surface area is 143 Å². The van der Waals surface area contributed by atoms with Crippen molar-refractivity contribution in [1.29, 1.82) is 0 Å². The lowest BCUT2D eigenvalue weighted by atomic mass is 10.0. The SMILES string of the molecule is CCc1nc(C)c(C(=O)N2CCC(n3cc(C(=O)O)cn3)CC2)s1. The fourth-order valence-electron chi connectivity index (χ4n) is 2.93. The van der Waals surface area contributed by atoms with Gasteiger partial charge in [0.2, 0.25) is 0 Å². The van der Waals surface area contributed by atoms with Crippen LogP contribution in [0.4, 0.5) is 0 Å². The van der Waals surface area contributed by atoms with Crippen LogP contribution in [0.2, 0.25) is 0 Å². The zero-order chi connectivity index (χ0) is 17.3. The molecule has 0 spiro atoms. The molecule has 8 heteroatoms. The first kappa shape index (κ1) is 16.6. The minimum absolute atomic E-state index is 0.0508. The molecule has 24 heavy (non-hydrogen) atoms. The van der Waals surface area contributed by atoms with Gasteiger partial charge in [-0.25, -0.2) is 9.78 Å². The van der Waals surface area contributed by atoms with Gasteiger partial charge in [0.05, 0.1) is 28.5 Å². The van der Waals surface area contributed by atoms with E-state index >= 15 is 0 Å². The van der Waals surface area contributed by atoms with Crippen molar-refractivity contribution < 1.29 is 14.7 Å². The molecule has 7 nitrogen and oxygen atoms in total. The Bertz CT molecular complexity index is 759. The molecule has 0 aliphatic carbocycles. The summed E-state index contributed by atoms with van der Waals surface area (Å²) >= 11 is 1.48. The van der Waals surface area contributed by atoms with Gasteiger partial charge in [0.1, 0.15) is 4.88 Å². The summed E-state index contributed by atoms with van der Waals surface area (Å²) in [7, 11) is 0. The van der Waals surface area contributed by atoms with Crippen LogP contribution in [0.1, 0.15) is 56.5 Å². The molecular formula is C16H20N4O3S. The number of aromatic carboxylic acids is 1. The highest BCUT2D eigenvalue weighted by Gasteiger charge is 2.27. The summed E-state index contributed by atoms with van der Waals surface area (Å²) in [6.07, 6.45) is 5.31. The van der Waals surface area contributed by atoms with Gasteiger partial charge in [0.15, 0.2) is 0 Å². The number of thiazole rings is 1. The van der Waals surface area contributed by atoms with E-state index in [9.17, 15) is 9.59 Å². The van der Waals surface area contributed by atoms with Crippen molar-refractivity contribution in [3.8, 4) is 0 Å². The molecule has 1 N–H and O–H groups in total. The van der Waals surface area contributed by atoms with E-state index in [1.165, 1.54) is 17.5 Å². The molecule has 0 saturated carbocycles. The van der Waals surface area contributed by atoms with E-state index in [-0.39, 0.29) is 17.5 Å². The van der Waals surface area contributed by atoms with Crippen LogP contribution in [0.3, 0.4) is 0 Å². The minimum atomic E-state index is -0.971. The number of hydrogen-bond donors (Lipinski definition) is 1. The first-order chi connectivity index (χ1) is 11.5. The van der Waals surface area contributed by atoms with E-state index < -0.39 is 5.97 Å². The molecule has 0 unspecified atom stereocenters. The zero-order valence-electron chi connectivity index (χ0n) is 13.7. The van der Waals surface area contributed by atoms with Gasteiger partial charge in [0, 0.05) is 19.3 Å². The highest BCUT2D eigenvalue weighted by atomic mass is 32.1. The van der Waals surface area contributed by atoms with Gasteiger partial charge in [-0.1, -0.05) is 6.92 Å². The molecule has 1 saturated heterocycles. The molecule has 0 aromatic carbocycles. The monoisotopic (exact) mass is 348 g/mol. The van der Waals surface area contributed by atoms with E-state index in [1.807, 2.05) is 18.7 Å². The predicted molar refractivity (Wildman–Crippen MR) is 89.6 cm³/mol. The van der Waals surface area contributed by atoms with Crippen LogP contribution in [0.15, 0.2) is 12.4 Å². The smallest absolute Gasteiger partial charge is 0.338 e. The maximum atomic E-state index is 12.7. The fraction of sp³-hybridized carbons (Fsp3) is 0.500. The largest absolute Gasteiger partial charge is 0.478 e. The normalized spacial score (nSPS) is 15.7. The van der Waals surface area contributed by atoms with Crippen molar-refractivity contribution in [2.75, 3.05) is 13.1 Å². The number of piperidine rings is 1.